The third kappa shape index (κ3) is 5.58. The second-order valence-corrected chi connectivity index (χ2v) is 5.93. The number of ether oxygens (including phenoxy) is 1. The van der Waals surface area contributed by atoms with Gasteiger partial charge in [-0.3, -0.25) is 14.9 Å². The van der Waals surface area contributed by atoms with E-state index >= 15 is 0 Å². The van der Waals surface area contributed by atoms with Crippen LogP contribution in [0.15, 0.2) is 42.5 Å². The Morgan fingerprint density at radius 1 is 1.12 bits per heavy atom. The number of thiocarbonyl (C=S) groups is 1. The van der Waals surface area contributed by atoms with Crippen molar-refractivity contribution in [3.05, 3.63) is 59.2 Å². The summed E-state index contributed by atoms with van der Waals surface area (Å²) in [5.74, 6) is -0.380. The minimum Gasteiger partial charge on any atom is -0.484 e. The molecule has 0 heterocycles. The molecule has 2 rings (SSSR count). The number of nitrogens with one attached hydrogen (secondary N) is 2. The number of anilines is 1. The van der Waals surface area contributed by atoms with Gasteiger partial charge in [0.05, 0.1) is 11.3 Å². The molecule has 0 saturated heterocycles. The summed E-state index contributed by atoms with van der Waals surface area (Å²) in [7, 11) is 0. The first-order chi connectivity index (χ1) is 11.8. The molecule has 4 N–H and O–H groups in total. The SMILES string of the molecule is Cc1cc(C)cc(OCC(=O)NC(=S)Nc2ccccc2C(N)=O)c1. The topological polar surface area (TPSA) is 93.4 Å². The minimum absolute atomic E-state index is 0.0581. The summed E-state index contributed by atoms with van der Waals surface area (Å²) in [5.41, 5.74) is 8.11. The number of amides is 2. The Hall–Kier alpha value is -2.93. The molecule has 130 valence electrons. The smallest absolute Gasteiger partial charge is 0.264 e. The molecule has 0 aliphatic carbocycles. The highest BCUT2D eigenvalue weighted by Gasteiger charge is 2.11. The molecule has 0 saturated carbocycles. The monoisotopic (exact) mass is 357 g/mol. The number of primary amides is 1. The quantitative estimate of drug-likeness (QED) is 0.714. The average molecular weight is 357 g/mol. The first-order valence-corrected chi connectivity index (χ1v) is 7.97. The van der Waals surface area contributed by atoms with Gasteiger partial charge in [-0.05, 0) is 61.5 Å². The van der Waals surface area contributed by atoms with Crippen LogP contribution in [0.2, 0.25) is 0 Å². The maximum absolute atomic E-state index is 12.0. The summed E-state index contributed by atoms with van der Waals surface area (Å²) in [4.78, 5) is 23.3. The van der Waals surface area contributed by atoms with Crippen LogP contribution in [0, 0.1) is 13.8 Å². The van der Waals surface area contributed by atoms with Crippen LogP contribution < -0.4 is 21.1 Å². The van der Waals surface area contributed by atoms with E-state index in [-0.39, 0.29) is 17.3 Å². The van der Waals surface area contributed by atoms with Crippen LogP contribution in [0.4, 0.5) is 5.69 Å². The van der Waals surface area contributed by atoms with Crippen molar-refractivity contribution >= 4 is 34.8 Å². The summed E-state index contributed by atoms with van der Waals surface area (Å²) < 4.78 is 5.47. The van der Waals surface area contributed by atoms with Gasteiger partial charge < -0.3 is 15.8 Å². The number of para-hydroxylation sites is 1. The number of aryl methyl sites for hydroxylation is 2. The molecule has 2 aromatic carbocycles. The molecular weight excluding hydrogens is 338 g/mol. The summed E-state index contributed by atoms with van der Waals surface area (Å²) in [5, 5.41) is 5.34. The van der Waals surface area contributed by atoms with Crippen LogP contribution in [-0.4, -0.2) is 23.5 Å². The molecule has 0 aliphatic heterocycles. The van der Waals surface area contributed by atoms with Gasteiger partial charge in [0.15, 0.2) is 11.7 Å². The molecule has 0 aliphatic rings. The van der Waals surface area contributed by atoms with E-state index in [1.54, 1.807) is 24.3 Å². The first-order valence-electron chi connectivity index (χ1n) is 7.56. The largest absolute Gasteiger partial charge is 0.484 e. The van der Waals surface area contributed by atoms with Crippen molar-refractivity contribution in [2.45, 2.75) is 13.8 Å². The van der Waals surface area contributed by atoms with Crippen LogP contribution in [-0.2, 0) is 4.79 Å². The van der Waals surface area contributed by atoms with Crippen molar-refractivity contribution in [3.8, 4) is 5.75 Å². The molecule has 25 heavy (non-hydrogen) atoms. The van der Waals surface area contributed by atoms with Crippen LogP contribution in [0.1, 0.15) is 21.5 Å². The lowest BCUT2D eigenvalue weighted by atomic mass is 10.1. The van der Waals surface area contributed by atoms with Crippen molar-refractivity contribution in [1.82, 2.24) is 5.32 Å². The lowest BCUT2D eigenvalue weighted by molar-refractivity contribution is -0.121. The molecule has 0 aromatic heterocycles. The van der Waals surface area contributed by atoms with E-state index in [2.05, 4.69) is 10.6 Å². The predicted molar refractivity (Wildman–Crippen MR) is 101 cm³/mol. The number of nitrogens with two attached hydrogens (primary N) is 1. The Morgan fingerprint density at radius 3 is 2.40 bits per heavy atom. The zero-order chi connectivity index (χ0) is 18.4. The van der Waals surface area contributed by atoms with E-state index in [4.69, 9.17) is 22.7 Å². The Bertz CT molecular complexity index is 801. The third-order valence-corrected chi connectivity index (χ3v) is 3.46. The zero-order valence-corrected chi connectivity index (χ0v) is 14.8. The number of hydrogen-bond donors (Lipinski definition) is 3. The standard InChI is InChI=1S/C18H19N3O3S/c1-11-7-12(2)9-13(8-11)24-10-16(22)21-18(25)20-15-6-4-3-5-14(15)17(19)23/h3-9H,10H2,1-2H3,(H2,19,23)(H2,20,21,22,25). The summed E-state index contributed by atoms with van der Waals surface area (Å²) in [6.45, 7) is 3.73. The molecule has 0 radical (unpaired) electrons. The number of benzene rings is 2. The highest BCUT2D eigenvalue weighted by Crippen LogP contribution is 2.16. The van der Waals surface area contributed by atoms with Crippen LogP contribution in [0.3, 0.4) is 0 Å². The second kappa shape index (κ2) is 8.25. The lowest BCUT2D eigenvalue weighted by Crippen LogP contribution is -2.37. The fourth-order valence-electron chi connectivity index (χ4n) is 2.29. The molecule has 6 nitrogen and oxygen atoms in total. The molecule has 0 bridgehead atoms. The second-order valence-electron chi connectivity index (χ2n) is 5.52. The van der Waals surface area contributed by atoms with Crippen molar-refractivity contribution in [2.24, 2.45) is 5.73 Å². The molecule has 0 unspecified atom stereocenters. The van der Waals surface area contributed by atoms with Crippen LogP contribution in [0.25, 0.3) is 0 Å². The molecule has 2 aromatic rings. The van der Waals surface area contributed by atoms with Crippen LogP contribution >= 0.6 is 12.2 Å². The number of carbonyl (C=O) groups excluding carboxylic acids is 2. The van der Waals surface area contributed by atoms with Crippen molar-refractivity contribution < 1.29 is 14.3 Å². The van der Waals surface area contributed by atoms with Gasteiger partial charge in [0, 0.05) is 0 Å². The van der Waals surface area contributed by atoms with Gasteiger partial charge in [0.25, 0.3) is 11.8 Å². The van der Waals surface area contributed by atoms with E-state index in [0.29, 0.717) is 11.4 Å². The van der Waals surface area contributed by atoms with E-state index < -0.39 is 11.8 Å². The normalized spacial score (nSPS) is 10.0. The molecule has 2 amide bonds. The third-order valence-electron chi connectivity index (χ3n) is 3.26. The lowest BCUT2D eigenvalue weighted by Gasteiger charge is -2.12. The van der Waals surface area contributed by atoms with E-state index in [1.807, 2.05) is 32.0 Å². The molecule has 0 spiro atoms. The van der Waals surface area contributed by atoms with E-state index in [1.165, 1.54) is 0 Å². The number of carbonyl (C=O) groups is 2. The fourth-order valence-corrected chi connectivity index (χ4v) is 2.51. The van der Waals surface area contributed by atoms with Gasteiger partial charge in [-0.2, -0.15) is 0 Å². The number of hydrogen-bond acceptors (Lipinski definition) is 4. The Balaban J connectivity index is 1.90. The Morgan fingerprint density at radius 2 is 1.76 bits per heavy atom. The van der Waals surface area contributed by atoms with Crippen LogP contribution in [0.5, 0.6) is 5.75 Å². The van der Waals surface area contributed by atoms with Gasteiger partial charge in [-0.15, -0.1) is 0 Å². The Labute approximate surface area is 151 Å². The number of rotatable bonds is 5. The average Bonchev–Trinajstić information content (AvgIpc) is 2.52. The first kappa shape index (κ1) is 18.4. The van der Waals surface area contributed by atoms with E-state index in [9.17, 15) is 9.59 Å². The maximum Gasteiger partial charge on any atom is 0.264 e. The molecule has 0 atom stereocenters. The van der Waals surface area contributed by atoms with Gasteiger partial charge in [-0.25, -0.2) is 0 Å². The maximum atomic E-state index is 12.0. The summed E-state index contributed by atoms with van der Waals surface area (Å²) >= 11 is 5.08. The molecule has 0 fully saturated rings. The van der Waals surface area contributed by atoms with Gasteiger partial charge in [-0.1, -0.05) is 18.2 Å². The summed E-state index contributed by atoms with van der Waals surface area (Å²) in [6, 6.07) is 12.3. The van der Waals surface area contributed by atoms with Crippen molar-refractivity contribution in [1.29, 1.82) is 0 Å². The fraction of sp³-hybridized carbons (Fsp3) is 0.167. The van der Waals surface area contributed by atoms with Crippen molar-refractivity contribution in [2.75, 3.05) is 11.9 Å². The van der Waals surface area contributed by atoms with Gasteiger partial charge >= 0.3 is 0 Å². The Kier molecular flexibility index (Phi) is 6.08. The van der Waals surface area contributed by atoms with Crippen molar-refractivity contribution in [3.63, 3.8) is 0 Å². The minimum atomic E-state index is -0.588. The zero-order valence-electron chi connectivity index (χ0n) is 14.0. The predicted octanol–water partition coefficient (Wildman–Crippen LogP) is 2.29. The molecule has 7 heteroatoms. The molecular formula is C18H19N3O3S. The highest BCUT2D eigenvalue weighted by atomic mass is 32.1. The summed E-state index contributed by atoms with van der Waals surface area (Å²) in [6.07, 6.45) is 0. The van der Waals surface area contributed by atoms with Gasteiger partial charge in [0.2, 0.25) is 0 Å². The van der Waals surface area contributed by atoms with Gasteiger partial charge in [0.1, 0.15) is 5.75 Å². The highest BCUT2D eigenvalue weighted by molar-refractivity contribution is 7.80. The van der Waals surface area contributed by atoms with E-state index in [0.717, 1.165) is 11.1 Å².